The third kappa shape index (κ3) is 7.30. The van der Waals surface area contributed by atoms with Crippen LogP contribution in [0.1, 0.15) is 58.2 Å². The molecule has 0 amide bonds. The lowest BCUT2D eigenvalue weighted by Gasteiger charge is -2.38. The first-order chi connectivity index (χ1) is 29.3. The van der Waals surface area contributed by atoms with Crippen molar-refractivity contribution >= 4 is 74.5 Å². The number of fused-ring (bicyclic) bond motifs is 6. The van der Waals surface area contributed by atoms with E-state index in [4.69, 9.17) is 11.6 Å². The fourth-order valence-electron chi connectivity index (χ4n) is 9.20. The summed E-state index contributed by atoms with van der Waals surface area (Å²) >= 11 is 7.97. The maximum Gasteiger partial charge on any atom is 0.179 e. The summed E-state index contributed by atoms with van der Waals surface area (Å²) in [5, 5.41) is 5.92. The van der Waals surface area contributed by atoms with Crippen LogP contribution in [0.2, 0.25) is 5.02 Å². The van der Waals surface area contributed by atoms with Crippen LogP contribution in [0, 0.1) is 6.92 Å². The van der Waals surface area contributed by atoms with Crippen LogP contribution in [0.4, 0.5) is 34.1 Å². The third-order valence-corrected chi connectivity index (χ3v) is 17.5. The Hall–Kier alpha value is -6.13. The average molecular weight is 830 g/mol. The number of benzene rings is 8. The van der Waals surface area contributed by atoms with Crippen LogP contribution >= 0.6 is 11.6 Å². The Balaban J connectivity index is 1.41. The fourth-order valence-corrected chi connectivity index (χ4v) is 14.3. The zero-order valence-electron chi connectivity index (χ0n) is 36.2. The van der Waals surface area contributed by atoms with Crippen molar-refractivity contribution in [2.24, 2.45) is 0 Å². The predicted molar refractivity (Wildman–Crippen MR) is 266 cm³/mol. The first-order valence-electron chi connectivity index (χ1n) is 21.4. The van der Waals surface area contributed by atoms with E-state index in [2.05, 4.69) is 252 Å². The van der Waals surface area contributed by atoms with Crippen molar-refractivity contribution in [3.8, 4) is 11.1 Å². The van der Waals surface area contributed by atoms with Gasteiger partial charge in [-0.3, -0.25) is 0 Å². The molecule has 61 heavy (non-hydrogen) atoms. The fraction of sp³-hybridized carbons (Fsp3) is 0.158. The molecule has 8 aromatic carbocycles. The predicted octanol–water partition coefficient (Wildman–Crippen LogP) is 13.5. The van der Waals surface area contributed by atoms with Gasteiger partial charge in [0.25, 0.3) is 0 Å². The van der Waals surface area contributed by atoms with Gasteiger partial charge in [0, 0.05) is 22.6 Å². The summed E-state index contributed by atoms with van der Waals surface area (Å²) < 4.78 is 0. The highest BCUT2D eigenvalue weighted by molar-refractivity contribution is 7.20. The first-order valence-corrected chi connectivity index (χ1v) is 23.7. The quantitative estimate of drug-likeness (QED) is 0.159. The molecule has 0 saturated heterocycles. The van der Waals surface area contributed by atoms with Crippen molar-refractivity contribution in [2.45, 2.75) is 59.3 Å². The lowest BCUT2D eigenvalue weighted by Crippen LogP contribution is -2.74. The van der Waals surface area contributed by atoms with Gasteiger partial charge < -0.3 is 9.80 Å². The maximum atomic E-state index is 7.97. The number of hydrogen-bond acceptors (Lipinski definition) is 2. The molecule has 2 nitrogen and oxygen atoms in total. The summed E-state index contributed by atoms with van der Waals surface area (Å²) in [5.41, 5.74) is 12.1. The number of para-hydroxylation sites is 1. The second-order valence-corrected chi connectivity index (χ2v) is 22.7. The maximum absolute atomic E-state index is 7.97. The van der Waals surface area contributed by atoms with Gasteiger partial charge in [0.05, 0.1) is 22.1 Å². The van der Waals surface area contributed by atoms with Crippen molar-refractivity contribution in [2.75, 3.05) is 9.80 Å². The first kappa shape index (κ1) is 40.3. The van der Waals surface area contributed by atoms with E-state index < -0.39 is 8.07 Å². The van der Waals surface area contributed by atoms with E-state index in [9.17, 15) is 0 Å². The Morgan fingerprint density at radius 1 is 0.393 bits per heavy atom. The molecule has 1 aliphatic rings. The lowest BCUT2D eigenvalue weighted by atomic mass is 9.86. The van der Waals surface area contributed by atoms with E-state index in [0.717, 1.165) is 50.8 Å². The Morgan fingerprint density at radius 2 is 0.836 bits per heavy atom. The number of nitrogens with zero attached hydrogens (tertiary/aromatic N) is 2. The molecule has 4 heteroatoms. The summed E-state index contributed by atoms with van der Waals surface area (Å²) in [6.07, 6.45) is 0. The normalized spacial score (nSPS) is 13.6. The monoisotopic (exact) mass is 828 g/mol. The molecule has 0 aromatic heterocycles. The molecule has 1 aliphatic heterocycles. The highest BCUT2D eigenvalue weighted by Gasteiger charge is 2.42. The number of anilines is 6. The average Bonchev–Trinajstić information content (AvgIpc) is 3.26. The van der Waals surface area contributed by atoms with Gasteiger partial charge in [0.2, 0.25) is 0 Å². The van der Waals surface area contributed by atoms with Gasteiger partial charge in [-0.1, -0.05) is 193 Å². The Bertz CT molecular complexity index is 2800. The van der Waals surface area contributed by atoms with Gasteiger partial charge in [-0.2, -0.15) is 0 Å². The van der Waals surface area contributed by atoms with Crippen molar-refractivity contribution in [1.82, 2.24) is 0 Å². The zero-order valence-corrected chi connectivity index (χ0v) is 38.0. The van der Waals surface area contributed by atoms with Gasteiger partial charge in [-0.15, -0.1) is 0 Å². The molecule has 1 heterocycles. The molecule has 0 aliphatic carbocycles. The van der Waals surface area contributed by atoms with Crippen molar-refractivity contribution in [3.63, 3.8) is 0 Å². The zero-order chi connectivity index (χ0) is 42.5. The van der Waals surface area contributed by atoms with Crippen molar-refractivity contribution in [1.29, 1.82) is 0 Å². The molecular formula is C57H53ClN2Si. The molecule has 0 unspecified atom stereocenters. The van der Waals surface area contributed by atoms with E-state index in [0.29, 0.717) is 5.02 Å². The van der Waals surface area contributed by atoms with Crippen LogP contribution in [-0.4, -0.2) is 8.07 Å². The van der Waals surface area contributed by atoms with Crippen molar-refractivity contribution < 1.29 is 0 Å². The summed E-state index contributed by atoms with van der Waals surface area (Å²) in [4.78, 5) is 4.77. The van der Waals surface area contributed by atoms with E-state index in [-0.39, 0.29) is 10.8 Å². The molecule has 9 rings (SSSR count). The summed E-state index contributed by atoms with van der Waals surface area (Å²) in [7, 11) is -2.98. The van der Waals surface area contributed by atoms with E-state index in [1.54, 1.807) is 0 Å². The standard InChI is InChI=1S/C57H53ClN2Si/c1-40-36-53-55(58)54(37-40)60(52-27-15-14-26-51(52)41-28-30-42(31-29-41)56(2,3)4)46-19-17-25-50(39-46)61(47-20-10-8-11-21-47,48-22-12-9-13-23-48)49-24-16-18-45(38-49)59(53)44-34-32-43(33-35-44)57(5,6)7/h8-39H,1-7H3. The summed E-state index contributed by atoms with van der Waals surface area (Å²) in [6, 6.07) is 72.4. The van der Waals surface area contributed by atoms with Crippen LogP contribution in [0.5, 0.6) is 0 Å². The number of halogens is 1. The second-order valence-electron chi connectivity index (χ2n) is 18.5. The molecule has 0 N–H and O–H groups in total. The minimum absolute atomic E-state index is 0.0126. The molecule has 302 valence electrons. The summed E-state index contributed by atoms with van der Waals surface area (Å²) in [5.74, 6) is 0. The van der Waals surface area contributed by atoms with E-state index >= 15 is 0 Å². The number of aryl methyl sites for hydroxylation is 1. The van der Waals surface area contributed by atoms with Gasteiger partial charge in [-0.05, 0) is 115 Å². The Morgan fingerprint density at radius 3 is 1.36 bits per heavy atom. The third-order valence-electron chi connectivity index (χ3n) is 12.3. The van der Waals surface area contributed by atoms with Crippen LogP contribution in [0.15, 0.2) is 194 Å². The molecule has 0 fully saturated rings. The lowest BCUT2D eigenvalue weighted by molar-refractivity contribution is 0.590. The minimum atomic E-state index is -2.98. The van der Waals surface area contributed by atoms with Crippen LogP contribution in [0.25, 0.3) is 11.1 Å². The smallest absolute Gasteiger partial charge is 0.179 e. The topological polar surface area (TPSA) is 6.48 Å². The second kappa shape index (κ2) is 15.7. The number of rotatable bonds is 5. The molecule has 0 spiro atoms. The molecule has 0 saturated carbocycles. The SMILES string of the molecule is Cc1cc2c(Cl)c(c1)N(c1ccccc1-c1ccc(C(C)(C)C)cc1)c1cccc(c1)[Si](c1ccccc1)(c1ccccc1)c1cccc(c1)N2c1ccc(C(C)(C)C)cc1. The van der Waals surface area contributed by atoms with Crippen LogP contribution < -0.4 is 30.5 Å². The van der Waals surface area contributed by atoms with Gasteiger partial charge in [0.15, 0.2) is 8.07 Å². The van der Waals surface area contributed by atoms with Crippen LogP contribution in [0.3, 0.4) is 0 Å². The Kier molecular flexibility index (Phi) is 10.4. The summed E-state index contributed by atoms with van der Waals surface area (Å²) in [6.45, 7) is 15.8. The largest absolute Gasteiger partial charge is 0.309 e. The van der Waals surface area contributed by atoms with E-state index in [1.165, 1.54) is 31.9 Å². The molecular weight excluding hydrogens is 776 g/mol. The minimum Gasteiger partial charge on any atom is -0.309 e. The highest BCUT2D eigenvalue weighted by atomic mass is 35.5. The van der Waals surface area contributed by atoms with E-state index in [1.807, 2.05) is 0 Å². The number of hydrogen-bond donors (Lipinski definition) is 0. The van der Waals surface area contributed by atoms with Crippen molar-refractivity contribution in [3.05, 3.63) is 216 Å². The molecule has 8 aromatic rings. The Labute approximate surface area is 368 Å². The van der Waals surface area contributed by atoms with Gasteiger partial charge in [-0.25, -0.2) is 0 Å². The van der Waals surface area contributed by atoms with Gasteiger partial charge in [0.1, 0.15) is 0 Å². The van der Waals surface area contributed by atoms with Crippen LogP contribution in [-0.2, 0) is 10.8 Å². The molecule has 6 bridgehead atoms. The molecule has 0 atom stereocenters. The van der Waals surface area contributed by atoms with Gasteiger partial charge >= 0.3 is 0 Å². The molecule has 0 radical (unpaired) electrons. The highest BCUT2D eigenvalue weighted by Crippen LogP contribution is 2.49.